The molecule has 0 saturated carbocycles. The molecule has 0 aromatic heterocycles. The molecule has 0 N–H and O–H groups in total. The first-order chi connectivity index (χ1) is 12.4. The van der Waals surface area contributed by atoms with E-state index >= 15 is 0 Å². The fourth-order valence-corrected chi connectivity index (χ4v) is 3.31. The average molecular weight is 349 g/mol. The van der Waals surface area contributed by atoms with Crippen LogP contribution < -0.4 is 4.74 Å². The summed E-state index contributed by atoms with van der Waals surface area (Å²) in [5.41, 5.74) is 4.94. The van der Waals surface area contributed by atoms with Crippen LogP contribution in [0.3, 0.4) is 0 Å². The van der Waals surface area contributed by atoms with Crippen LogP contribution in [0.25, 0.3) is 6.08 Å². The SMILES string of the molecule is CC(=O)N1C=Cc2ccccc2C1CC(=O)Oc1c(C)ccc(C)c1C. The Kier molecular flexibility index (Phi) is 4.94. The number of hydrogen-bond acceptors (Lipinski definition) is 3. The van der Waals surface area contributed by atoms with E-state index in [9.17, 15) is 9.59 Å². The van der Waals surface area contributed by atoms with E-state index in [1.54, 1.807) is 11.1 Å². The van der Waals surface area contributed by atoms with Gasteiger partial charge in [-0.15, -0.1) is 0 Å². The van der Waals surface area contributed by atoms with E-state index in [1.807, 2.05) is 63.2 Å². The first-order valence-electron chi connectivity index (χ1n) is 8.72. The Labute approximate surface area is 154 Å². The zero-order chi connectivity index (χ0) is 18.8. The Hall–Kier alpha value is -2.88. The highest BCUT2D eigenvalue weighted by molar-refractivity contribution is 5.80. The minimum atomic E-state index is -0.355. The number of rotatable bonds is 3. The van der Waals surface area contributed by atoms with Gasteiger partial charge in [-0.25, -0.2) is 0 Å². The quantitative estimate of drug-likeness (QED) is 0.606. The van der Waals surface area contributed by atoms with E-state index in [0.29, 0.717) is 5.75 Å². The first kappa shape index (κ1) is 17.9. The van der Waals surface area contributed by atoms with Gasteiger partial charge < -0.3 is 9.64 Å². The van der Waals surface area contributed by atoms with Gasteiger partial charge in [-0.3, -0.25) is 9.59 Å². The summed E-state index contributed by atoms with van der Waals surface area (Å²) in [4.78, 5) is 26.3. The van der Waals surface area contributed by atoms with E-state index in [4.69, 9.17) is 4.74 Å². The number of nitrogens with zero attached hydrogens (tertiary/aromatic N) is 1. The maximum absolute atomic E-state index is 12.7. The summed E-state index contributed by atoms with van der Waals surface area (Å²) in [7, 11) is 0. The Morgan fingerprint density at radius 2 is 1.73 bits per heavy atom. The van der Waals surface area contributed by atoms with E-state index in [1.165, 1.54) is 6.92 Å². The van der Waals surface area contributed by atoms with Crippen LogP contribution in [-0.2, 0) is 9.59 Å². The van der Waals surface area contributed by atoms with Crippen LogP contribution in [0.15, 0.2) is 42.6 Å². The lowest BCUT2D eigenvalue weighted by Gasteiger charge is -2.32. The van der Waals surface area contributed by atoms with Crippen LogP contribution in [0.5, 0.6) is 5.75 Å². The van der Waals surface area contributed by atoms with Gasteiger partial charge in [0.2, 0.25) is 5.91 Å². The summed E-state index contributed by atoms with van der Waals surface area (Å²) in [5.74, 6) is 0.170. The van der Waals surface area contributed by atoms with Crippen molar-refractivity contribution in [1.29, 1.82) is 0 Å². The summed E-state index contributed by atoms with van der Waals surface area (Å²) in [5, 5.41) is 0. The molecule has 0 aliphatic carbocycles. The first-order valence-corrected chi connectivity index (χ1v) is 8.72. The van der Waals surface area contributed by atoms with E-state index in [0.717, 1.165) is 27.8 Å². The number of aryl methyl sites for hydroxylation is 2. The number of carbonyl (C=O) groups is 2. The fourth-order valence-electron chi connectivity index (χ4n) is 3.31. The maximum Gasteiger partial charge on any atom is 0.313 e. The molecule has 0 fully saturated rings. The lowest BCUT2D eigenvalue weighted by Crippen LogP contribution is -2.33. The molecule has 2 aromatic carbocycles. The third-order valence-corrected chi connectivity index (χ3v) is 4.92. The predicted molar refractivity (Wildman–Crippen MR) is 102 cm³/mol. The Morgan fingerprint density at radius 3 is 2.46 bits per heavy atom. The molecule has 0 radical (unpaired) electrons. The van der Waals surface area contributed by atoms with E-state index < -0.39 is 0 Å². The summed E-state index contributed by atoms with van der Waals surface area (Å²) < 4.78 is 5.70. The number of fused-ring (bicyclic) bond motifs is 1. The highest BCUT2D eigenvalue weighted by Crippen LogP contribution is 2.34. The minimum absolute atomic E-state index is 0.100. The summed E-state index contributed by atoms with van der Waals surface area (Å²) >= 11 is 0. The van der Waals surface area contributed by atoms with Gasteiger partial charge in [0, 0.05) is 13.1 Å². The van der Waals surface area contributed by atoms with Crippen molar-refractivity contribution in [3.63, 3.8) is 0 Å². The smallest absolute Gasteiger partial charge is 0.313 e. The number of ether oxygens (including phenoxy) is 1. The molecule has 4 nitrogen and oxygen atoms in total. The molecule has 1 aliphatic heterocycles. The third kappa shape index (κ3) is 3.40. The number of esters is 1. The van der Waals surface area contributed by atoms with Crippen molar-refractivity contribution < 1.29 is 14.3 Å². The second-order valence-electron chi connectivity index (χ2n) is 6.72. The molecule has 134 valence electrons. The van der Waals surface area contributed by atoms with Crippen LogP contribution in [0, 0.1) is 20.8 Å². The summed E-state index contributed by atoms with van der Waals surface area (Å²) in [6.45, 7) is 7.37. The number of amides is 1. The van der Waals surface area contributed by atoms with Crippen molar-refractivity contribution in [2.24, 2.45) is 0 Å². The van der Waals surface area contributed by atoms with Crippen molar-refractivity contribution in [2.75, 3.05) is 0 Å². The van der Waals surface area contributed by atoms with Gasteiger partial charge in [-0.2, -0.15) is 0 Å². The van der Waals surface area contributed by atoms with Crippen LogP contribution in [0.4, 0.5) is 0 Å². The molecule has 4 heteroatoms. The van der Waals surface area contributed by atoms with Crippen molar-refractivity contribution in [3.8, 4) is 5.75 Å². The van der Waals surface area contributed by atoms with Gasteiger partial charge in [0.25, 0.3) is 0 Å². The predicted octanol–water partition coefficient (Wildman–Crippen LogP) is 4.48. The second-order valence-corrected chi connectivity index (χ2v) is 6.72. The molecular weight excluding hydrogens is 326 g/mol. The van der Waals surface area contributed by atoms with Gasteiger partial charge in [-0.05, 0) is 54.7 Å². The molecular formula is C22H23NO3. The molecule has 0 bridgehead atoms. The summed E-state index contributed by atoms with van der Waals surface area (Å²) in [6.07, 6.45) is 3.74. The van der Waals surface area contributed by atoms with Gasteiger partial charge in [-0.1, -0.05) is 36.4 Å². The number of carbonyl (C=O) groups excluding carboxylic acids is 2. The number of benzene rings is 2. The van der Waals surface area contributed by atoms with Crippen molar-refractivity contribution in [1.82, 2.24) is 4.90 Å². The Bertz CT molecular complexity index is 898. The van der Waals surface area contributed by atoms with Crippen LogP contribution in [-0.4, -0.2) is 16.8 Å². The van der Waals surface area contributed by atoms with Gasteiger partial charge >= 0.3 is 5.97 Å². The van der Waals surface area contributed by atoms with Gasteiger partial charge in [0.15, 0.2) is 0 Å². The Balaban J connectivity index is 1.87. The molecule has 26 heavy (non-hydrogen) atoms. The molecule has 3 rings (SSSR count). The van der Waals surface area contributed by atoms with Crippen molar-refractivity contribution in [3.05, 3.63) is 70.4 Å². The molecule has 0 saturated heterocycles. The zero-order valence-electron chi connectivity index (χ0n) is 15.6. The lowest BCUT2D eigenvalue weighted by molar-refractivity contribution is -0.137. The van der Waals surface area contributed by atoms with Crippen LogP contribution in [0.2, 0.25) is 0 Å². The van der Waals surface area contributed by atoms with Crippen molar-refractivity contribution in [2.45, 2.75) is 40.2 Å². The van der Waals surface area contributed by atoms with Crippen LogP contribution in [0.1, 0.15) is 47.2 Å². The Morgan fingerprint density at radius 1 is 1.04 bits per heavy atom. The van der Waals surface area contributed by atoms with Gasteiger partial charge in [0.05, 0.1) is 12.5 Å². The molecule has 1 amide bonds. The zero-order valence-corrected chi connectivity index (χ0v) is 15.6. The lowest BCUT2D eigenvalue weighted by atomic mass is 9.94. The van der Waals surface area contributed by atoms with E-state index in [-0.39, 0.29) is 24.3 Å². The van der Waals surface area contributed by atoms with Gasteiger partial charge in [0.1, 0.15) is 5.75 Å². The highest BCUT2D eigenvalue weighted by Gasteiger charge is 2.29. The normalized spacial score (nSPS) is 15.5. The number of hydrogen-bond donors (Lipinski definition) is 0. The van der Waals surface area contributed by atoms with Crippen LogP contribution >= 0.6 is 0 Å². The summed E-state index contributed by atoms with van der Waals surface area (Å²) in [6, 6.07) is 11.4. The monoisotopic (exact) mass is 349 g/mol. The molecule has 1 unspecified atom stereocenters. The topological polar surface area (TPSA) is 46.6 Å². The average Bonchev–Trinajstić information content (AvgIpc) is 2.62. The largest absolute Gasteiger partial charge is 0.426 e. The molecule has 1 heterocycles. The highest BCUT2D eigenvalue weighted by atomic mass is 16.5. The standard InChI is InChI=1S/C22H23NO3/c1-14-9-10-15(2)22(16(14)3)26-21(25)13-20-19-8-6-5-7-18(19)11-12-23(20)17(4)24/h5-12,20H,13H2,1-4H3. The minimum Gasteiger partial charge on any atom is -0.426 e. The van der Waals surface area contributed by atoms with Crippen molar-refractivity contribution >= 4 is 18.0 Å². The second kappa shape index (κ2) is 7.16. The molecule has 2 aromatic rings. The third-order valence-electron chi connectivity index (χ3n) is 4.92. The molecule has 1 atom stereocenters. The maximum atomic E-state index is 12.7. The van der Waals surface area contributed by atoms with E-state index in [2.05, 4.69) is 0 Å². The fraction of sp³-hybridized carbons (Fsp3) is 0.273. The molecule has 1 aliphatic rings. The molecule has 0 spiro atoms.